The SMILES string of the molecule is NC1C=c2c(sc3c2ccc2ccccc23)=CC1. The molecule has 1 aliphatic rings. The predicted molar refractivity (Wildman–Crippen MR) is 80.1 cm³/mol. The van der Waals surface area contributed by atoms with Crippen LogP contribution in [0.25, 0.3) is 33.0 Å². The Morgan fingerprint density at radius 1 is 1.06 bits per heavy atom. The van der Waals surface area contributed by atoms with Crippen LogP contribution in [0, 0.1) is 0 Å². The molecule has 1 unspecified atom stereocenters. The van der Waals surface area contributed by atoms with Gasteiger partial charge in [0.05, 0.1) is 0 Å². The topological polar surface area (TPSA) is 26.0 Å². The molecule has 0 amide bonds. The van der Waals surface area contributed by atoms with Crippen LogP contribution in [0.4, 0.5) is 0 Å². The average molecular weight is 251 g/mol. The highest BCUT2D eigenvalue weighted by atomic mass is 32.1. The molecule has 2 heteroatoms. The Bertz CT molecular complexity index is 873. The maximum Gasteiger partial charge on any atom is 0.0433 e. The van der Waals surface area contributed by atoms with Crippen molar-refractivity contribution in [3.8, 4) is 0 Å². The van der Waals surface area contributed by atoms with Crippen LogP contribution in [0.3, 0.4) is 0 Å². The molecule has 0 radical (unpaired) electrons. The summed E-state index contributed by atoms with van der Waals surface area (Å²) in [6.07, 6.45) is 5.44. The Kier molecular flexibility index (Phi) is 2.10. The monoisotopic (exact) mass is 251 g/mol. The number of hydrogen-bond acceptors (Lipinski definition) is 2. The van der Waals surface area contributed by atoms with Gasteiger partial charge in [-0.15, -0.1) is 11.3 Å². The maximum absolute atomic E-state index is 6.03. The molecule has 4 rings (SSSR count). The van der Waals surface area contributed by atoms with Gasteiger partial charge >= 0.3 is 0 Å². The summed E-state index contributed by atoms with van der Waals surface area (Å²) in [5.74, 6) is 0. The van der Waals surface area contributed by atoms with Gasteiger partial charge < -0.3 is 5.73 Å². The Balaban J connectivity index is 2.28. The lowest BCUT2D eigenvalue weighted by Gasteiger charge is -2.04. The Labute approximate surface area is 109 Å². The van der Waals surface area contributed by atoms with E-state index in [4.69, 9.17) is 5.73 Å². The van der Waals surface area contributed by atoms with Gasteiger partial charge in [-0.25, -0.2) is 0 Å². The van der Waals surface area contributed by atoms with E-state index in [-0.39, 0.29) is 6.04 Å². The van der Waals surface area contributed by atoms with E-state index in [2.05, 4.69) is 48.6 Å². The van der Waals surface area contributed by atoms with E-state index in [0.29, 0.717) is 0 Å². The van der Waals surface area contributed by atoms with E-state index in [1.807, 2.05) is 11.3 Å². The molecular formula is C16H13NS. The standard InChI is InChI=1S/C16H13NS/c17-11-6-8-15-14(9-11)13-7-5-10-3-1-2-4-12(10)16(13)18-15/h1-5,7-9,11H,6,17H2. The van der Waals surface area contributed by atoms with Crippen molar-refractivity contribution in [2.45, 2.75) is 12.5 Å². The van der Waals surface area contributed by atoms with Gasteiger partial charge in [0.15, 0.2) is 0 Å². The van der Waals surface area contributed by atoms with Crippen LogP contribution in [0.1, 0.15) is 6.42 Å². The third kappa shape index (κ3) is 1.36. The first-order chi connectivity index (χ1) is 8.83. The number of hydrogen-bond donors (Lipinski definition) is 1. The molecule has 1 atom stereocenters. The molecule has 1 nitrogen and oxygen atoms in total. The molecule has 0 spiro atoms. The smallest absolute Gasteiger partial charge is 0.0433 e. The molecule has 2 N–H and O–H groups in total. The lowest BCUT2D eigenvalue weighted by atomic mass is 10.0. The summed E-state index contributed by atoms with van der Waals surface area (Å²) >= 11 is 1.89. The van der Waals surface area contributed by atoms with Crippen LogP contribution < -0.4 is 15.5 Å². The first-order valence-corrected chi connectivity index (χ1v) is 7.02. The van der Waals surface area contributed by atoms with E-state index >= 15 is 0 Å². The first-order valence-electron chi connectivity index (χ1n) is 6.21. The zero-order valence-corrected chi connectivity index (χ0v) is 10.7. The molecule has 88 valence electrons. The van der Waals surface area contributed by atoms with Gasteiger partial charge in [-0.1, -0.05) is 48.6 Å². The molecular weight excluding hydrogens is 238 g/mol. The van der Waals surface area contributed by atoms with E-state index in [0.717, 1.165) is 6.42 Å². The molecule has 1 aromatic heterocycles. The number of thiophene rings is 1. The van der Waals surface area contributed by atoms with Crippen molar-refractivity contribution in [2.75, 3.05) is 0 Å². The van der Waals surface area contributed by atoms with Crippen molar-refractivity contribution in [3.63, 3.8) is 0 Å². The highest BCUT2D eigenvalue weighted by Crippen LogP contribution is 2.25. The largest absolute Gasteiger partial charge is 0.324 e. The van der Waals surface area contributed by atoms with E-state index in [1.165, 1.54) is 30.6 Å². The van der Waals surface area contributed by atoms with Gasteiger partial charge in [-0.05, 0) is 22.4 Å². The van der Waals surface area contributed by atoms with Crippen LogP contribution in [-0.4, -0.2) is 6.04 Å². The van der Waals surface area contributed by atoms with E-state index in [9.17, 15) is 0 Å². The minimum atomic E-state index is 0.168. The fourth-order valence-corrected chi connectivity index (χ4v) is 3.98. The summed E-state index contributed by atoms with van der Waals surface area (Å²) in [7, 11) is 0. The van der Waals surface area contributed by atoms with Gasteiger partial charge in [0.1, 0.15) is 0 Å². The number of fused-ring (bicyclic) bond motifs is 5. The van der Waals surface area contributed by atoms with Crippen molar-refractivity contribution in [2.24, 2.45) is 5.73 Å². The summed E-state index contributed by atoms with van der Waals surface area (Å²) in [5.41, 5.74) is 6.03. The van der Waals surface area contributed by atoms with Crippen molar-refractivity contribution in [1.82, 2.24) is 0 Å². The summed E-state index contributed by atoms with van der Waals surface area (Å²) in [5, 5.41) is 5.34. The van der Waals surface area contributed by atoms with Gasteiger partial charge in [0.2, 0.25) is 0 Å². The predicted octanol–water partition coefficient (Wildman–Crippen LogP) is 2.35. The van der Waals surface area contributed by atoms with Crippen molar-refractivity contribution in [1.29, 1.82) is 0 Å². The molecule has 2 aromatic carbocycles. The van der Waals surface area contributed by atoms with E-state index < -0.39 is 0 Å². The highest BCUT2D eigenvalue weighted by molar-refractivity contribution is 7.18. The Morgan fingerprint density at radius 2 is 1.94 bits per heavy atom. The lowest BCUT2D eigenvalue weighted by molar-refractivity contribution is 0.891. The van der Waals surface area contributed by atoms with Gasteiger partial charge in [-0.3, -0.25) is 0 Å². The molecule has 0 saturated heterocycles. The lowest BCUT2D eigenvalue weighted by Crippen LogP contribution is -2.30. The van der Waals surface area contributed by atoms with Crippen LogP contribution in [-0.2, 0) is 0 Å². The van der Waals surface area contributed by atoms with Crippen LogP contribution in [0.2, 0.25) is 0 Å². The zero-order chi connectivity index (χ0) is 12.1. The minimum absolute atomic E-state index is 0.168. The minimum Gasteiger partial charge on any atom is -0.324 e. The number of rotatable bonds is 0. The molecule has 0 saturated carbocycles. The molecule has 1 aliphatic carbocycles. The third-order valence-electron chi connectivity index (χ3n) is 3.60. The Morgan fingerprint density at radius 3 is 2.89 bits per heavy atom. The van der Waals surface area contributed by atoms with Gasteiger partial charge in [0, 0.05) is 20.7 Å². The van der Waals surface area contributed by atoms with Crippen LogP contribution in [0.5, 0.6) is 0 Å². The average Bonchev–Trinajstić information content (AvgIpc) is 2.77. The second kappa shape index (κ2) is 3.67. The van der Waals surface area contributed by atoms with Crippen LogP contribution in [0.15, 0.2) is 36.4 Å². The number of benzene rings is 2. The van der Waals surface area contributed by atoms with Crippen molar-refractivity contribution >= 4 is 44.3 Å². The second-order valence-electron chi connectivity index (χ2n) is 4.81. The third-order valence-corrected chi connectivity index (χ3v) is 4.85. The van der Waals surface area contributed by atoms with Gasteiger partial charge in [-0.2, -0.15) is 0 Å². The maximum atomic E-state index is 6.03. The summed E-state index contributed by atoms with van der Waals surface area (Å²) in [6, 6.07) is 13.2. The number of nitrogens with two attached hydrogens (primary N) is 1. The molecule has 18 heavy (non-hydrogen) atoms. The summed E-state index contributed by atoms with van der Waals surface area (Å²) in [4.78, 5) is 0. The van der Waals surface area contributed by atoms with Crippen LogP contribution >= 0.6 is 11.3 Å². The molecule has 1 heterocycles. The second-order valence-corrected chi connectivity index (χ2v) is 5.87. The van der Waals surface area contributed by atoms with Crippen molar-refractivity contribution < 1.29 is 0 Å². The van der Waals surface area contributed by atoms with Gasteiger partial charge in [0.25, 0.3) is 0 Å². The summed E-state index contributed by atoms with van der Waals surface area (Å²) in [6.45, 7) is 0. The molecule has 0 fully saturated rings. The van der Waals surface area contributed by atoms with Crippen molar-refractivity contribution in [3.05, 3.63) is 46.1 Å². The quantitative estimate of drug-likeness (QED) is 0.652. The fourth-order valence-electron chi connectivity index (χ4n) is 2.71. The molecule has 0 bridgehead atoms. The fraction of sp³-hybridized carbons (Fsp3) is 0.125. The summed E-state index contributed by atoms with van der Waals surface area (Å²) < 4.78 is 2.77. The molecule has 0 aliphatic heterocycles. The highest BCUT2D eigenvalue weighted by Gasteiger charge is 2.09. The molecule has 3 aromatic rings. The zero-order valence-electron chi connectivity index (χ0n) is 9.89. The Hall–Kier alpha value is -1.64. The van der Waals surface area contributed by atoms with E-state index in [1.54, 1.807) is 0 Å². The normalized spacial score (nSPS) is 18.4. The first kappa shape index (κ1) is 10.3.